The lowest BCUT2D eigenvalue weighted by Crippen LogP contribution is -2.23. The fourth-order valence-corrected chi connectivity index (χ4v) is 2.17. The summed E-state index contributed by atoms with van der Waals surface area (Å²) in [6.45, 7) is 9.36. The number of halogens is 1. The molecule has 118 valence electrons. The van der Waals surface area contributed by atoms with Crippen molar-refractivity contribution in [2.75, 3.05) is 11.9 Å². The van der Waals surface area contributed by atoms with Gasteiger partial charge >= 0.3 is 0 Å². The van der Waals surface area contributed by atoms with Crippen molar-refractivity contribution in [2.45, 2.75) is 40.2 Å². The lowest BCUT2D eigenvalue weighted by atomic mass is 10.1. The van der Waals surface area contributed by atoms with Gasteiger partial charge in [0.25, 0.3) is 0 Å². The molecule has 5 heteroatoms. The van der Waals surface area contributed by atoms with Crippen molar-refractivity contribution in [3.63, 3.8) is 0 Å². The van der Waals surface area contributed by atoms with Crippen LogP contribution in [0.3, 0.4) is 0 Å². The smallest absolute Gasteiger partial charge is 0.193 e. The number of anilines is 1. The topological polar surface area (TPSA) is 59.6 Å². The molecule has 1 aromatic carbocycles. The quantitative estimate of drug-likeness (QED) is 0.446. The Morgan fingerprint density at radius 3 is 2.43 bits per heavy atom. The van der Waals surface area contributed by atoms with Crippen molar-refractivity contribution in [1.82, 2.24) is 0 Å². The normalized spacial score (nSPS) is 19.9. The number of nitrogens with one attached hydrogen (secondary N) is 1. The molecule has 1 atom stereocenters. The molecule has 1 aromatic rings. The molecule has 1 fully saturated rings. The fraction of sp³-hybridized carbons (Fsp3) is 0.562. The Hall–Kier alpha value is -0.980. The Balaban J connectivity index is 0.00000220. The predicted octanol–water partition coefficient (Wildman–Crippen LogP) is 3.86. The number of rotatable bonds is 5. The van der Waals surface area contributed by atoms with Crippen LogP contribution in [-0.4, -0.2) is 18.6 Å². The monoisotopic (exact) mass is 403 g/mol. The highest BCUT2D eigenvalue weighted by molar-refractivity contribution is 14.0. The second-order valence-electron chi connectivity index (χ2n) is 6.43. The van der Waals surface area contributed by atoms with Crippen molar-refractivity contribution in [2.24, 2.45) is 22.1 Å². The Morgan fingerprint density at radius 2 is 1.95 bits per heavy atom. The zero-order valence-electron chi connectivity index (χ0n) is 13.2. The lowest BCUT2D eigenvalue weighted by Gasteiger charge is -2.11. The van der Waals surface area contributed by atoms with E-state index >= 15 is 0 Å². The number of hydrogen-bond acceptors (Lipinski definition) is 2. The molecule has 4 nitrogen and oxygen atoms in total. The van der Waals surface area contributed by atoms with Gasteiger partial charge in [0.1, 0.15) is 5.75 Å². The molecule has 1 aliphatic rings. The van der Waals surface area contributed by atoms with E-state index in [1.807, 2.05) is 38.1 Å². The molecule has 0 bridgehead atoms. The van der Waals surface area contributed by atoms with Gasteiger partial charge in [0.05, 0.1) is 6.10 Å². The Kier molecular flexibility index (Phi) is 6.31. The minimum absolute atomic E-state index is 0. The molecule has 0 amide bonds. The summed E-state index contributed by atoms with van der Waals surface area (Å²) < 4.78 is 5.60. The van der Waals surface area contributed by atoms with E-state index in [1.165, 1.54) is 6.42 Å². The van der Waals surface area contributed by atoms with E-state index in [1.54, 1.807) is 0 Å². The molecule has 0 saturated heterocycles. The van der Waals surface area contributed by atoms with Crippen LogP contribution >= 0.6 is 24.0 Å². The second kappa shape index (κ2) is 7.33. The third-order valence-electron chi connectivity index (χ3n) is 3.70. The standard InChI is InChI=1S/C16H25N3O.HI/c1-11(2)20-14-7-5-13(6-8-14)19-15(17)18-10-12-9-16(12,3)4;/h5-8,11-12H,9-10H2,1-4H3,(H3,17,18,19);1H. The number of ether oxygens (including phenoxy) is 1. The van der Waals surface area contributed by atoms with Crippen molar-refractivity contribution in [3.05, 3.63) is 24.3 Å². The van der Waals surface area contributed by atoms with Crippen LogP contribution in [0.1, 0.15) is 34.1 Å². The molecule has 21 heavy (non-hydrogen) atoms. The zero-order valence-corrected chi connectivity index (χ0v) is 15.5. The molecule has 3 N–H and O–H groups in total. The van der Waals surface area contributed by atoms with Crippen LogP contribution < -0.4 is 15.8 Å². The first-order valence-electron chi connectivity index (χ1n) is 7.20. The summed E-state index contributed by atoms with van der Waals surface area (Å²) >= 11 is 0. The Morgan fingerprint density at radius 1 is 1.38 bits per heavy atom. The van der Waals surface area contributed by atoms with E-state index in [0.29, 0.717) is 17.3 Å². The average molecular weight is 403 g/mol. The number of benzene rings is 1. The van der Waals surface area contributed by atoms with Gasteiger partial charge in [0, 0.05) is 12.2 Å². The highest BCUT2D eigenvalue weighted by Crippen LogP contribution is 2.51. The van der Waals surface area contributed by atoms with Crippen LogP contribution in [0.4, 0.5) is 5.69 Å². The van der Waals surface area contributed by atoms with E-state index in [4.69, 9.17) is 10.5 Å². The third kappa shape index (κ3) is 5.73. The molecule has 0 aliphatic heterocycles. The predicted molar refractivity (Wildman–Crippen MR) is 99.6 cm³/mol. The summed E-state index contributed by atoms with van der Waals surface area (Å²) in [4.78, 5) is 4.40. The number of nitrogens with two attached hydrogens (primary N) is 1. The number of guanidine groups is 1. The first-order chi connectivity index (χ1) is 9.37. The lowest BCUT2D eigenvalue weighted by molar-refractivity contribution is 0.242. The molecule has 1 aliphatic carbocycles. The fourth-order valence-electron chi connectivity index (χ4n) is 2.17. The molecular formula is C16H26IN3O. The van der Waals surface area contributed by atoms with Crippen molar-refractivity contribution >= 4 is 35.6 Å². The maximum Gasteiger partial charge on any atom is 0.193 e. The SMILES string of the molecule is CC(C)Oc1ccc(NC(N)=NCC2CC2(C)C)cc1.I. The molecule has 1 unspecified atom stereocenters. The first kappa shape index (κ1) is 18.1. The van der Waals surface area contributed by atoms with E-state index in [2.05, 4.69) is 24.2 Å². The van der Waals surface area contributed by atoms with Crippen LogP contribution in [0.15, 0.2) is 29.3 Å². The summed E-state index contributed by atoms with van der Waals surface area (Å²) in [6.07, 6.45) is 1.42. The zero-order chi connectivity index (χ0) is 14.8. The third-order valence-corrected chi connectivity index (χ3v) is 3.70. The van der Waals surface area contributed by atoms with Crippen molar-refractivity contribution in [1.29, 1.82) is 0 Å². The number of aliphatic imine (C=N–C) groups is 1. The molecule has 0 spiro atoms. The van der Waals surface area contributed by atoms with Crippen molar-refractivity contribution < 1.29 is 4.74 Å². The highest BCUT2D eigenvalue weighted by atomic mass is 127. The number of nitrogens with zero attached hydrogens (tertiary/aromatic N) is 1. The van der Waals surface area contributed by atoms with E-state index in [-0.39, 0.29) is 30.1 Å². The maximum atomic E-state index is 5.90. The van der Waals surface area contributed by atoms with E-state index in [0.717, 1.165) is 18.0 Å². The van der Waals surface area contributed by atoms with E-state index in [9.17, 15) is 0 Å². The van der Waals surface area contributed by atoms with Gasteiger partial charge in [-0.05, 0) is 55.9 Å². The first-order valence-corrected chi connectivity index (χ1v) is 7.20. The van der Waals surface area contributed by atoms with Gasteiger partial charge in [-0.15, -0.1) is 24.0 Å². The van der Waals surface area contributed by atoms with Crippen LogP contribution in [0.25, 0.3) is 0 Å². The molecule has 0 aromatic heterocycles. The summed E-state index contributed by atoms with van der Waals surface area (Å²) in [5.74, 6) is 2.01. The Bertz CT molecular complexity index is 483. The van der Waals surface area contributed by atoms with Gasteiger partial charge in [0.15, 0.2) is 5.96 Å². The van der Waals surface area contributed by atoms with Crippen LogP contribution in [0, 0.1) is 11.3 Å². The summed E-state index contributed by atoms with van der Waals surface area (Å²) in [5, 5.41) is 3.11. The minimum Gasteiger partial charge on any atom is -0.491 e. The Labute approximate surface area is 144 Å². The van der Waals surface area contributed by atoms with Gasteiger partial charge in [-0.1, -0.05) is 13.8 Å². The largest absolute Gasteiger partial charge is 0.491 e. The van der Waals surface area contributed by atoms with Crippen molar-refractivity contribution in [3.8, 4) is 5.75 Å². The van der Waals surface area contributed by atoms with Crippen LogP contribution in [0.5, 0.6) is 5.75 Å². The second-order valence-corrected chi connectivity index (χ2v) is 6.43. The molecular weight excluding hydrogens is 377 g/mol. The van der Waals surface area contributed by atoms with Gasteiger partial charge in [-0.25, -0.2) is 0 Å². The summed E-state index contributed by atoms with van der Waals surface area (Å²) in [6, 6.07) is 7.75. The van der Waals surface area contributed by atoms with Gasteiger partial charge < -0.3 is 15.8 Å². The molecule has 2 rings (SSSR count). The van der Waals surface area contributed by atoms with Crippen LogP contribution in [0.2, 0.25) is 0 Å². The van der Waals surface area contributed by atoms with Gasteiger partial charge in [-0.3, -0.25) is 4.99 Å². The van der Waals surface area contributed by atoms with Gasteiger partial charge in [-0.2, -0.15) is 0 Å². The minimum atomic E-state index is 0. The van der Waals surface area contributed by atoms with Crippen LogP contribution in [-0.2, 0) is 0 Å². The number of hydrogen-bond donors (Lipinski definition) is 2. The van der Waals surface area contributed by atoms with E-state index < -0.39 is 0 Å². The summed E-state index contributed by atoms with van der Waals surface area (Å²) in [5.41, 5.74) is 7.27. The molecule has 1 saturated carbocycles. The molecule has 0 heterocycles. The molecule has 0 radical (unpaired) electrons. The highest BCUT2D eigenvalue weighted by Gasteiger charge is 2.45. The summed E-state index contributed by atoms with van der Waals surface area (Å²) in [7, 11) is 0. The maximum absolute atomic E-state index is 5.90. The van der Waals surface area contributed by atoms with Gasteiger partial charge in [0.2, 0.25) is 0 Å². The average Bonchev–Trinajstić information content (AvgIpc) is 2.96.